The summed E-state index contributed by atoms with van der Waals surface area (Å²) in [7, 11) is 3.38. The molecule has 7 nitrogen and oxygen atoms in total. The normalized spacial score (nSPS) is 11.5. The third-order valence-corrected chi connectivity index (χ3v) is 2.13. The first kappa shape index (κ1) is 18.1. The molecule has 8 heteroatoms. The molecule has 1 aromatic heterocycles. The molecule has 0 aliphatic carbocycles. The van der Waals surface area contributed by atoms with Crippen LogP contribution in [0.4, 0.5) is 11.5 Å². The first-order valence-electron chi connectivity index (χ1n) is 5.20. The average Bonchev–Trinajstić information content (AvgIpc) is 2.36. The number of nitrogens with zero attached hydrogens (tertiary/aromatic N) is 3. The van der Waals surface area contributed by atoms with Gasteiger partial charge in [0.25, 0.3) is 0 Å². The number of aliphatic imine (C=N–C) groups is 1. The Balaban J connectivity index is 0.00000324. The van der Waals surface area contributed by atoms with E-state index in [0.717, 1.165) is 6.21 Å². The zero-order valence-electron chi connectivity index (χ0n) is 11.3. The van der Waals surface area contributed by atoms with Crippen molar-refractivity contribution < 1.29 is 51.4 Å². The Morgan fingerprint density at radius 3 is 2.74 bits per heavy atom. The second-order valence-corrected chi connectivity index (χ2v) is 3.36. The van der Waals surface area contributed by atoms with Gasteiger partial charge in [-0.15, -0.1) is 0 Å². The molecule has 0 bridgehead atoms. The third-order valence-electron chi connectivity index (χ3n) is 2.13. The molecule has 1 heterocycles. The van der Waals surface area contributed by atoms with E-state index in [2.05, 4.69) is 20.6 Å². The van der Waals surface area contributed by atoms with Gasteiger partial charge in [0.2, 0.25) is 0 Å². The van der Waals surface area contributed by atoms with Crippen molar-refractivity contribution in [3.05, 3.63) is 35.0 Å². The molecular formula is C11H16KN7. The second-order valence-electron chi connectivity index (χ2n) is 3.36. The van der Waals surface area contributed by atoms with Gasteiger partial charge in [-0.2, -0.15) is 0 Å². The summed E-state index contributed by atoms with van der Waals surface area (Å²) in [6.07, 6.45) is 4.19. The molecule has 0 spiro atoms. The standard InChI is InChI=1S/C11H16N7.K/c1-15-10(16-2)4-9(14)18-11-3-8(13)7(5-12)6-17-11;/h3-6,12,15H,1-2H3,(H4,13,14,17,18);/q-1;+1/b10-4-,12-5?;. The molecule has 0 unspecified atom stereocenters. The molecule has 0 fully saturated rings. The van der Waals surface area contributed by atoms with Crippen LogP contribution in [-0.2, 0) is 0 Å². The van der Waals surface area contributed by atoms with E-state index in [0.29, 0.717) is 22.9 Å². The number of aromatic nitrogens is 1. The van der Waals surface area contributed by atoms with Crippen LogP contribution in [0.1, 0.15) is 5.56 Å². The Kier molecular flexibility index (Phi) is 8.60. The van der Waals surface area contributed by atoms with Crippen LogP contribution in [0.2, 0.25) is 0 Å². The van der Waals surface area contributed by atoms with E-state index in [-0.39, 0.29) is 57.2 Å². The van der Waals surface area contributed by atoms with Crippen LogP contribution in [0.25, 0.3) is 5.32 Å². The summed E-state index contributed by atoms with van der Waals surface area (Å²) in [5, 5.41) is 13.9. The number of anilines is 1. The van der Waals surface area contributed by atoms with Crippen LogP contribution in [0.3, 0.4) is 0 Å². The van der Waals surface area contributed by atoms with Gasteiger partial charge < -0.3 is 27.5 Å². The maximum absolute atomic E-state index is 7.10. The summed E-state index contributed by atoms with van der Waals surface area (Å²) in [6.45, 7) is 0. The molecule has 0 amide bonds. The first-order chi connectivity index (χ1) is 8.60. The van der Waals surface area contributed by atoms with Gasteiger partial charge in [0, 0.05) is 29.7 Å². The van der Waals surface area contributed by atoms with E-state index in [4.69, 9.17) is 16.9 Å². The molecule has 0 atom stereocenters. The summed E-state index contributed by atoms with van der Waals surface area (Å²) in [4.78, 5) is 8.11. The quantitative estimate of drug-likeness (QED) is 0.276. The molecular weight excluding hydrogens is 269 g/mol. The Morgan fingerprint density at radius 1 is 1.58 bits per heavy atom. The largest absolute Gasteiger partial charge is 1.00 e. The summed E-state index contributed by atoms with van der Waals surface area (Å²) < 4.78 is 0. The number of nitrogens with two attached hydrogens (primary N) is 2. The van der Waals surface area contributed by atoms with Gasteiger partial charge in [0.15, 0.2) is 5.82 Å². The van der Waals surface area contributed by atoms with E-state index >= 15 is 0 Å². The molecule has 0 saturated carbocycles. The van der Waals surface area contributed by atoms with E-state index in [1.807, 2.05) is 0 Å². The Morgan fingerprint density at radius 2 is 2.26 bits per heavy atom. The zero-order valence-corrected chi connectivity index (χ0v) is 14.4. The Hall–Kier alpha value is -0.934. The number of nitrogen functional groups attached to an aromatic ring is 1. The van der Waals surface area contributed by atoms with Gasteiger partial charge in [-0.1, -0.05) is 19.9 Å². The molecule has 0 aliphatic heterocycles. The number of pyridine rings is 1. The van der Waals surface area contributed by atoms with Gasteiger partial charge in [0.05, 0.1) is 0 Å². The van der Waals surface area contributed by atoms with Gasteiger partial charge in [-0.3, -0.25) is 0 Å². The van der Waals surface area contributed by atoms with E-state index in [1.165, 1.54) is 6.20 Å². The molecule has 1 rings (SSSR count). The SMILES string of the molecule is C[N-]/C(=C\C(N)=Nc1cc(N)c(C=N)cn1)NC.[K+]. The van der Waals surface area contributed by atoms with Crippen molar-refractivity contribution in [2.75, 3.05) is 19.8 Å². The molecule has 96 valence electrons. The maximum Gasteiger partial charge on any atom is 1.00 e. The van der Waals surface area contributed by atoms with Crippen LogP contribution in [-0.4, -0.2) is 31.1 Å². The van der Waals surface area contributed by atoms with Crippen LogP contribution >= 0.6 is 0 Å². The van der Waals surface area contributed by atoms with Crippen molar-refractivity contribution in [3.8, 4) is 0 Å². The van der Waals surface area contributed by atoms with Crippen LogP contribution < -0.4 is 68.2 Å². The fourth-order valence-corrected chi connectivity index (χ4v) is 1.20. The number of hydrogen-bond acceptors (Lipinski definition) is 5. The van der Waals surface area contributed by atoms with Gasteiger partial charge in [0.1, 0.15) is 5.84 Å². The average molecular weight is 285 g/mol. The summed E-state index contributed by atoms with van der Waals surface area (Å²) >= 11 is 0. The molecule has 0 aliphatic rings. The molecule has 19 heavy (non-hydrogen) atoms. The van der Waals surface area contributed by atoms with Crippen molar-refractivity contribution in [2.24, 2.45) is 10.7 Å². The van der Waals surface area contributed by atoms with Gasteiger partial charge >= 0.3 is 51.4 Å². The Labute approximate surface area is 154 Å². The van der Waals surface area contributed by atoms with Crippen LogP contribution in [0.15, 0.2) is 29.2 Å². The Bertz CT molecular complexity index is 490. The predicted octanol–water partition coefficient (Wildman–Crippen LogP) is -2.28. The monoisotopic (exact) mass is 285 g/mol. The summed E-state index contributed by atoms with van der Waals surface area (Å²) in [6, 6.07) is 1.56. The topological polar surface area (TPSA) is 127 Å². The third kappa shape index (κ3) is 5.70. The molecule has 0 aromatic carbocycles. The van der Waals surface area contributed by atoms with E-state index in [1.54, 1.807) is 26.2 Å². The number of rotatable bonds is 5. The molecule has 1 aromatic rings. The van der Waals surface area contributed by atoms with Crippen molar-refractivity contribution in [1.82, 2.24) is 10.3 Å². The molecule has 0 saturated heterocycles. The summed E-state index contributed by atoms with van der Waals surface area (Å²) in [5.41, 5.74) is 12.4. The second kappa shape index (κ2) is 9.05. The zero-order chi connectivity index (χ0) is 13.5. The molecule has 0 radical (unpaired) electrons. The fourth-order valence-electron chi connectivity index (χ4n) is 1.20. The van der Waals surface area contributed by atoms with Crippen molar-refractivity contribution in [1.29, 1.82) is 5.41 Å². The van der Waals surface area contributed by atoms with Crippen molar-refractivity contribution in [3.63, 3.8) is 0 Å². The predicted molar refractivity (Wildman–Crippen MR) is 74.2 cm³/mol. The van der Waals surface area contributed by atoms with Crippen molar-refractivity contribution in [2.45, 2.75) is 0 Å². The minimum Gasteiger partial charge on any atom is -0.485 e. The maximum atomic E-state index is 7.10. The summed E-state index contributed by atoms with van der Waals surface area (Å²) in [5.74, 6) is 1.26. The van der Waals surface area contributed by atoms with Crippen molar-refractivity contribution >= 4 is 23.6 Å². The van der Waals surface area contributed by atoms with Gasteiger partial charge in [-0.25, -0.2) is 9.98 Å². The number of hydrogen-bond donors (Lipinski definition) is 4. The number of amidine groups is 1. The van der Waals surface area contributed by atoms with Crippen LogP contribution in [0, 0.1) is 5.41 Å². The minimum atomic E-state index is 0. The first-order valence-corrected chi connectivity index (χ1v) is 5.20. The van der Waals surface area contributed by atoms with E-state index < -0.39 is 0 Å². The minimum absolute atomic E-state index is 0. The molecule has 6 N–H and O–H groups in total. The van der Waals surface area contributed by atoms with Crippen LogP contribution in [0.5, 0.6) is 0 Å². The smallest absolute Gasteiger partial charge is 0.485 e. The number of nitrogens with one attached hydrogen (secondary N) is 2. The van der Waals surface area contributed by atoms with E-state index in [9.17, 15) is 0 Å². The fraction of sp³-hybridized carbons (Fsp3) is 0.182. The van der Waals surface area contributed by atoms with Gasteiger partial charge in [-0.05, 0) is 6.08 Å².